The number of aromatic nitrogens is 1. The first-order valence-electron chi connectivity index (χ1n) is 17.2. The Labute approximate surface area is 290 Å². The third-order valence-corrected chi connectivity index (χ3v) is 10.2. The van der Waals surface area contributed by atoms with Gasteiger partial charge >= 0.3 is 0 Å². The molecule has 0 bridgehead atoms. The van der Waals surface area contributed by atoms with Gasteiger partial charge in [0.05, 0.1) is 5.52 Å². The molecule has 0 aliphatic heterocycles. The summed E-state index contributed by atoms with van der Waals surface area (Å²) in [7, 11) is 0. The minimum atomic E-state index is 1.00. The molecule has 10 rings (SSSR count). The Kier molecular flexibility index (Phi) is 6.57. The second-order valence-electron chi connectivity index (χ2n) is 13.1. The van der Waals surface area contributed by atoms with E-state index in [9.17, 15) is 0 Å². The highest BCUT2D eigenvalue weighted by Crippen LogP contribution is 2.46. The molecule has 9 aromatic carbocycles. The number of nitrogens with zero attached hydrogens (tertiary/aromatic N) is 1. The van der Waals surface area contributed by atoms with Gasteiger partial charge in [0.2, 0.25) is 0 Å². The normalized spacial score (nSPS) is 11.6. The number of hydrogen-bond acceptors (Lipinski definition) is 1. The van der Waals surface area contributed by atoms with Crippen LogP contribution in [0.15, 0.2) is 188 Å². The van der Waals surface area contributed by atoms with Crippen LogP contribution in [0.4, 0.5) is 0 Å². The molecule has 0 saturated carbocycles. The first kappa shape index (κ1) is 28.4. The van der Waals surface area contributed by atoms with Gasteiger partial charge in [0.25, 0.3) is 0 Å². The Bertz CT molecular complexity index is 2910. The Morgan fingerprint density at radius 3 is 1.26 bits per heavy atom. The number of pyridine rings is 1. The fourth-order valence-corrected chi connectivity index (χ4v) is 7.83. The van der Waals surface area contributed by atoms with E-state index in [2.05, 4.69) is 188 Å². The van der Waals surface area contributed by atoms with Gasteiger partial charge in [0, 0.05) is 22.4 Å². The number of hydrogen-bond donors (Lipinski definition) is 0. The van der Waals surface area contributed by atoms with Crippen molar-refractivity contribution in [2.24, 2.45) is 0 Å². The first-order chi connectivity index (χ1) is 24.8. The van der Waals surface area contributed by atoms with Crippen LogP contribution in [0.2, 0.25) is 0 Å². The summed E-state index contributed by atoms with van der Waals surface area (Å²) in [5.41, 5.74) is 10.8. The summed E-state index contributed by atoms with van der Waals surface area (Å²) in [5.74, 6) is 0. The van der Waals surface area contributed by atoms with Crippen LogP contribution in [0.3, 0.4) is 0 Å². The number of fused-ring (bicyclic) bond motifs is 6. The first-order valence-corrected chi connectivity index (χ1v) is 17.2. The van der Waals surface area contributed by atoms with Crippen LogP contribution in [0.25, 0.3) is 98.5 Å². The molecule has 50 heavy (non-hydrogen) atoms. The highest BCUT2D eigenvalue weighted by atomic mass is 14.6. The van der Waals surface area contributed by atoms with Crippen LogP contribution in [-0.4, -0.2) is 4.98 Å². The Balaban J connectivity index is 1.22. The zero-order valence-corrected chi connectivity index (χ0v) is 27.3. The van der Waals surface area contributed by atoms with Crippen molar-refractivity contribution in [3.63, 3.8) is 0 Å². The molecular weight excluding hydrogens is 603 g/mol. The van der Waals surface area contributed by atoms with E-state index in [1.54, 1.807) is 0 Å². The molecular formula is C49H31N. The number of benzene rings is 9. The zero-order chi connectivity index (χ0) is 33.0. The van der Waals surface area contributed by atoms with E-state index in [0.717, 1.165) is 10.9 Å². The van der Waals surface area contributed by atoms with Gasteiger partial charge in [-0.25, -0.2) is 0 Å². The second kappa shape index (κ2) is 11.5. The summed E-state index contributed by atoms with van der Waals surface area (Å²) >= 11 is 0. The fraction of sp³-hybridized carbons (Fsp3) is 0. The fourth-order valence-electron chi connectivity index (χ4n) is 7.83. The summed E-state index contributed by atoms with van der Waals surface area (Å²) < 4.78 is 0. The maximum Gasteiger partial charge on any atom is 0.0708 e. The third kappa shape index (κ3) is 4.67. The van der Waals surface area contributed by atoms with Crippen molar-refractivity contribution < 1.29 is 0 Å². The van der Waals surface area contributed by atoms with Crippen molar-refractivity contribution in [1.82, 2.24) is 4.98 Å². The lowest BCUT2D eigenvalue weighted by Crippen LogP contribution is -1.93. The molecule has 0 amide bonds. The summed E-state index contributed by atoms with van der Waals surface area (Å²) in [6.07, 6.45) is 2.10. The largest absolute Gasteiger partial charge is 0.256 e. The SMILES string of the molecule is c1ccc(-c2ccc3cc(-c4c5ccccc5c(-c5ccc6cc(-c7ccccc7)ccc6c5)c5c4cnc4ccccc45)ccc3c2)cc1. The molecule has 0 aliphatic carbocycles. The lowest BCUT2D eigenvalue weighted by Gasteiger charge is -2.19. The van der Waals surface area contributed by atoms with Crippen molar-refractivity contribution in [1.29, 1.82) is 0 Å². The summed E-state index contributed by atoms with van der Waals surface area (Å²) in [6.45, 7) is 0. The number of para-hydroxylation sites is 1. The molecule has 0 radical (unpaired) electrons. The van der Waals surface area contributed by atoms with Crippen molar-refractivity contribution >= 4 is 54.0 Å². The van der Waals surface area contributed by atoms with Crippen molar-refractivity contribution in [2.45, 2.75) is 0 Å². The van der Waals surface area contributed by atoms with Gasteiger partial charge in [-0.3, -0.25) is 4.98 Å². The van der Waals surface area contributed by atoms with E-state index in [-0.39, 0.29) is 0 Å². The van der Waals surface area contributed by atoms with Gasteiger partial charge < -0.3 is 0 Å². The van der Waals surface area contributed by atoms with Crippen LogP contribution in [0.1, 0.15) is 0 Å². The van der Waals surface area contributed by atoms with Crippen molar-refractivity contribution in [3.05, 3.63) is 188 Å². The van der Waals surface area contributed by atoms with E-state index in [1.165, 1.54) is 87.6 Å². The zero-order valence-electron chi connectivity index (χ0n) is 27.3. The van der Waals surface area contributed by atoms with Gasteiger partial charge in [0.15, 0.2) is 0 Å². The number of rotatable bonds is 4. The maximum absolute atomic E-state index is 5.03. The minimum Gasteiger partial charge on any atom is -0.256 e. The smallest absolute Gasteiger partial charge is 0.0708 e. The van der Waals surface area contributed by atoms with E-state index >= 15 is 0 Å². The summed E-state index contributed by atoms with van der Waals surface area (Å²) in [5, 5.41) is 11.0. The van der Waals surface area contributed by atoms with Gasteiger partial charge in [-0.2, -0.15) is 0 Å². The average molecular weight is 634 g/mol. The molecule has 0 fully saturated rings. The molecule has 10 aromatic rings. The molecule has 0 saturated heterocycles. The average Bonchev–Trinajstić information content (AvgIpc) is 3.19. The van der Waals surface area contributed by atoms with Gasteiger partial charge in [-0.05, 0) is 107 Å². The molecule has 0 atom stereocenters. The van der Waals surface area contributed by atoms with Crippen molar-refractivity contribution in [3.8, 4) is 44.5 Å². The Morgan fingerprint density at radius 1 is 0.280 bits per heavy atom. The third-order valence-electron chi connectivity index (χ3n) is 10.2. The molecule has 0 aliphatic rings. The molecule has 0 N–H and O–H groups in total. The molecule has 0 unspecified atom stereocenters. The predicted octanol–water partition coefficient (Wildman–Crippen LogP) is 13.5. The van der Waals surface area contributed by atoms with Crippen LogP contribution in [0, 0.1) is 0 Å². The Morgan fingerprint density at radius 2 is 0.700 bits per heavy atom. The van der Waals surface area contributed by atoms with Crippen LogP contribution < -0.4 is 0 Å². The van der Waals surface area contributed by atoms with Gasteiger partial charge in [-0.15, -0.1) is 0 Å². The van der Waals surface area contributed by atoms with Crippen LogP contribution in [-0.2, 0) is 0 Å². The predicted molar refractivity (Wildman–Crippen MR) is 214 cm³/mol. The molecule has 1 nitrogen and oxygen atoms in total. The van der Waals surface area contributed by atoms with Crippen LogP contribution in [0.5, 0.6) is 0 Å². The molecule has 1 heterocycles. The van der Waals surface area contributed by atoms with E-state index < -0.39 is 0 Å². The topological polar surface area (TPSA) is 12.9 Å². The van der Waals surface area contributed by atoms with E-state index in [4.69, 9.17) is 4.98 Å². The molecule has 232 valence electrons. The lowest BCUT2D eigenvalue weighted by atomic mass is 9.84. The molecule has 1 heteroatoms. The highest BCUT2D eigenvalue weighted by Gasteiger charge is 2.20. The van der Waals surface area contributed by atoms with Crippen LogP contribution >= 0.6 is 0 Å². The molecule has 0 spiro atoms. The maximum atomic E-state index is 5.03. The minimum absolute atomic E-state index is 1.00. The van der Waals surface area contributed by atoms with E-state index in [0.29, 0.717) is 0 Å². The monoisotopic (exact) mass is 633 g/mol. The molecule has 1 aromatic heterocycles. The van der Waals surface area contributed by atoms with E-state index in [1.807, 2.05) is 0 Å². The van der Waals surface area contributed by atoms with Gasteiger partial charge in [0.1, 0.15) is 0 Å². The van der Waals surface area contributed by atoms with Gasteiger partial charge in [-0.1, -0.05) is 152 Å². The second-order valence-corrected chi connectivity index (χ2v) is 13.1. The summed E-state index contributed by atoms with van der Waals surface area (Å²) in [6, 6.07) is 66.1. The Hall–Kier alpha value is -6.57. The standard InChI is InChI=1S/C49H31N/c1-3-11-32(12-4-1)34-19-21-38-29-40(25-23-36(38)27-34)47-42-15-7-8-16-43(42)48(49-44-17-9-10-18-46(44)50-31-45(47)49)41-26-24-37-28-35(20-22-39(37)30-41)33-13-5-2-6-14-33/h1-31H. The quantitative estimate of drug-likeness (QED) is 0.139. The van der Waals surface area contributed by atoms with Crippen molar-refractivity contribution in [2.75, 3.05) is 0 Å². The highest BCUT2D eigenvalue weighted by molar-refractivity contribution is 6.27. The lowest BCUT2D eigenvalue weighted by molar-refractivity contribution is 1.45. The summed E-state index contributed by atoms with van der Waals surface area (Å²) in [4.78, 5) is 5.03.